The minimum Gasteiger partial charge on any atom is -0.497 e. The van der Waals surface area contributed by atoms with Gasteiger partial charge in [-0.3, -0.25) is 9.59 Å². The van der Waals surface area contributed by atoms with Crippen molar-refractivity contribution in [3.05, 3.63) is 95.6 Å². The molecule has 0 spiro atoms. The molecule has 3 rings (SSSR count). The summed E-state index contributed by atoms with van der Waals surface area (Å²) in [6.45, 7) is 0.416. The van der Waals surface area contributed by atoms with Crippen LogP contribution in [0.4, 0.5) is 5.69 Å². The van der Waals surface area contributed by atoms with Crippen LogP contribution in [0.1, 0.15) is 26.3 Å². The Labute approximate surface area is 158 Å². The quantitative estimate of drug-likeness (QED) is 0.701. The number of carbonyl (C=O) groups excluding carboxylic acids is 2. The Bertz CT molecular complexity index is 905. The molecule has 0 saturated heterocycles. The topological polar surface area (TPSA) is 67.4 Å². The van der Waals surface area contributed by atoms with E-state index in [1.165, 1.54) is 0 Å². The van der Waals surface area contributed by atoms with Gasteiger partial charge >= 0.3 is 0 Å². The summed E-state index contributed by atoms with van der Waals surface area (Å²) in [5.74, 6) is 0.363. The predicted molar refractivity (Wildman–Crippen MR) is 105 cm³/mol. The summed E-state index contributed by atoms with van der Waals surface area (Å²) in [5.41, 5.74) is 2.69. The van der Waals surface area contributed by atoms with Crippen LogP contribution in [-0.2, 0) is 6.54 Å². The molecule has 0 aliphatic carbocycles. The average Bonchev–Trinajstić information content (AvgIpc) is 2.73. The molecule has 5 heteroatoms. The van der Waals surface area contributed by atoms with Gasteiger partial charge in [-0.2, -0.15) is 0 Å². The fourth-order valence-electron chi connectivity index (χ4n) is 2.53. The zero-order valence-corrected chi connectivity index (χ0v) is 14.9. The second-order valence-electron chi connectivity index (χ2n) is 5.93. The summed E-state index contributed by atoms with van der Waals surface area (Å²) in [6, 6.07) is 23.3. The van der Waals surface area contributed by atoms with E-state index in [0.717, 1.165) is 17.0 Å². The van der Waals surface area contributed by atoms with E-state index in [1.807, 2.05) is 54.6 Å². The highest BCUT2D eigenvalue weighted by Gasteiger charge is 2.09. The molecule has 0 aliphatic rings. The molecule has 2 amide bonds. The Morgan fingerprint density at radius 1 is 0.778 bits per heavy atom. The number of methoxy groups -OCH3 is 1. The van der Waals surface area contributed by atoms with Crippen LogP contribution in [0.5, 0.6) is 5.75 Å². The van der Waals surface area contributed by atoms with Crippen LogP contribution in [0.2, 0.25) is 0 Å². The molecular weight excluding hydrogens is 340 g/mol. The van der Waals surface area contributed by atoms with Gasteiger partial charge in [0.1, 0.15) is 5.75 Å². The number of amides is 2. The van der Waals surface area contributed by atoms with Crippen LogP contribution < -0.4 is 15.4 Å². The highest BCUT2D eigenvalue weighted by Crippen LogP contribution is 2.12. The molecule has 0 atom stereocenters. The van der Waals surface area contributed by atoms with Crippen molar-refractivity contribution < 1.29 is 14.3 Å². The molecule has 3 aromatic rings. The smallest absolute Gasteiger partial charge is 0.255 e. The monoisotopic (exact) mass is 360 g/mol. The summed E-state index contributed by atoms with van der Waals surface area (Å²) in [4.78, 5) is 24.5. The summed E-state index contributed by atoms with van der Waals surface area (Å²) < 4.78 is 5.11. The lowest BCUT2D eigenvalue weighted by Crippen LogP contribution is -2.23. The third kappa shape index (κ3) is 4.95. The van der Waals surface area contributed by atoms with Crippen molar-refractivity contribution in [1.82, 2.24) is 5.32 Å². The van der Waals surface area contributed by atoms with Gasteiger partial charge in [0.05, 0.1) is 7.11 Å². The molecular formula is C22H20N2O3. The Morgan fingerprint density at radius 3 is 1.96 bits per heavy atom. The van der Waals surface area contributed by atoms with Crippen molar-refractivity contribution in [1.29, 1.82) is 0 Å². The lowest BCUT2D eigenvalue weighted by atomic mass is 10.1. The maximum Gasteiger partial charge on any atom is 0.255 e. The Balaban J connectivity index is 1.57. The van der Waals surface area contributed by atoms with Crippen molar-refractivity contribution >= 4 is 17.5 Å². The lowest BCUT2D eigenvalue weighted by Gasteiger charge is -2.08. The fourth-order valence-corrected chi connectivity index (χ4v) is 2.53. The van der Waals surface area contributed by atoms with Crippen molar-refractivity contribution in [2.24, 2.45) is 0 Å². The van der Waals surface area contributed by atoms with Crippen LogP contribution in [0.15, 0.2) is 78.9 Å². The maximum atomic E-state index is 12.3. The van der Waals surface area contributed by atoms with E-state index >= 15 is 0 Å². The molecule has 0 heterocycles. The zero-order chi connectivity index (χ0) is 19.1. The van der Waals surface area contributed by atoms with Gasteiger partial charge in [-0.25, -0.2) is 0 Å². The van der Waals surface area contributed by atoms with Crippen LogP contribution in [-0.4, -0.2) is 18.9 Å². The van der Waals surface area contributed by atoms with Crippen molar-refractivity contribution in [3.63, 3.8) is 0 Å². The van der Waals surface area contributed by atoms with Crippen LogP contribution in [0.3, 0.4) is 0 Å². The Hall–Kier alpha value is -3.60. The number of carbonyl (C=O) groups is 2. The van der Waals surface area contributed by atoms with E-state index in [1.54, 1.807) is 31.4 Å². The Morgan fingerprint density at radius 2 is 1.37 bits per heavy atom. The summed E-state index contributed by atoms with van der Waals surface area (Å²) in [5, 5.41) is 5.67. The normalized spacial score (nSPS) is 10.1. The number of nitrogens with one attached hydrogen (secondary N) is 2. The van der Waals surface area contributed by atoms with Gasteiger partial charge < -0.3 is 15.4 Å². The van der Waals surface area contributed by atoms with Crippen LogP contribution in [0, 0.1) is 0 Å². The molecule has 0 fully saturated rings. The molecule has 136 valence electrons. The summed E-state index contributed by atoms with van der Waals surface area (Å²) in [7, 11) is 1.61. The molecule has 0 aliphatic heterocycles. The van der Waals surface area contributed by atoms with Gasteiger partial charge in [-0.1, -0.05) is 30.3 Å². The molecule has 0 radical (unpaired) electrons. The molecule has 0 saturated carbocycles. The third-order valence-electron chi connectivity index (χ3n) is 4.05. The predicted octanol–water partition coefficient (Wildman–Crippen LogP) is 3.88. The van der Waals surface area contributed by atoms with Crippen LogP contribution >= 0.6 is 0 Å². The summed E-state index contributed by atoms with van der Waals surface area (Å²) >= 11 is 0. The number of ether oxygens (including phenoxy) is 1. The number of anilines is 1. The molecule has 2 N–H and O–H groups in total. The van der Waals surface area contributed by atoms with E-state index in [0.29, 0.717) is 17.7 Å². The van der Waals surface area contributed by atoms with E-state index in [9.17, 15) is 9.59 Å². The second kappa shape index (κ2) is 8.67. The van der Waals surface area contributed by atoms with Gasteiger partial charge in [0.25, 0.3) is 11.8 Å². The molecule has 0 bridgehead atoms. The first kappa shape index (κ1) is 18.2. The highest BCUT2D eigenvalue weighted by atomic mass is 16.5. The van der Waals surface area contributed by atoms with Gasteiger partial charge in [-0.15, -0.1) is 0 Å². The second-order valence-corrected chi connectivity index (χ2v) is 5.93. The molecule has 27 heavy (non-hydrogen) atoms. The van der Waals surface area contributed by atoms with Gasteiger partial charge in [0.2, 0.25) is 0 Å². The number of hydrogen-bond donors (Lipinski definition) is 2. The van der Waals surface area contributed by atoms with Crippen molar-refractivity contribution in [3.8, 4) is 5.75 Å². The molecule has 0 aromatic heterocycles. The fraction of sp³-hybridized carbons (Fsp3) is 0.0909. The maximum absolute atomic E-state index is 12.3. The van der Waals surface area contributed by atoms with Crippen molar-refractivity contribution in [2.45, 2.75) is 6.54 Å². The average molecular weight is 360 g/mol. The zero-order valence-electron chi connectivity index (χ0n) is 14.9. The number of para-hydroxylation sites is 1. The number of benzene rings is 3. The SMILES string of the molecule is COc1ccc(CNC(=O)c2ccc(C(=O)Nc3ccccc3)cc2)cc1. The molecule has 0 unspecified atom stereocenters. The lowest BCUT2D eigenvalue weighted by molar-refractivity contribution is 0.0949. The van der Waals surface area contributed by atoms with Gasteiger partial charge in [0.15, 0.2) is 0 Å². The van der Waals surface area contributed by atoms with E-state index in [-0.39, 0.29) is 11.8 Å². The standard InChI is InChI=1S/C22H20N2O3/c1-27-20-13-7-16(8-14-20)15-23-21(25)17-9-11-18(12-10-17)22(26)24-19-5-3-2-4-6-19/h2-14H,15H2,1H3,(H,23,25)(H,24,26). The molecule has 5 nitrogen and oxygen atoms in total. The summed E-state index contributed by atoms with van der Waals surface area (Å²) in [6.07, 6.45) is 0. The first-order valence-corrected chi connectivity index (χ1v) is 8.53. The molecule has 3 aromatic carbocycles. The van der Waals surface area contributed by atoms with E-state index in [4.69, 9.17) is 4.74 Å². The third-order valence-corrected chi connectivity index (χ3v) is 4.05. The highest BCUT2D eigenvalue weighted by molar-refractivity contribution is 6.05. The minimum atomic E-state index is -0.216. The van der Waals surface area contributed by atoms with E-state index in [2.05, 4.69) is 10.6 Å². The first-order valence-electron chi connectivity index (χ1n) is 8.53. The number of hydrogen-bond acceptors (Lipinski definition) is 3. The van der Waals surface area contributed by atoms with Crippen molar-refractivity contribution in [2.75, 3.05) is 12.4 Å². The number of rotatable bonds is 6. The minimum absolute atomic E-state index is 0.194. The van der Waals surface area contributed by atoms with Gasteiger partial charge in [-0.05, 0) is 54.1 Å². The van der Waals surface area contributed by atoms with Gasteiger partial charge in [0, 0.05) is 23.4 Å². The largest absolute Gasteiger partial charge is 0.497 e. The van der Waals surface area contributed by atoms with Crippen LogP contribution in [0.25, 0.3) is 0 Å². The van der Waals surface area contributed by atoms with E-state index < -0.39 is 0 Å². The first-order chi connectivity index (χ1) is 13.2. The Kier molecular flexibility index (Phi) is 5.84.